The van der Waals surface area contributed by atoms with E-state index in [9.17, 15) is 4.79 Å². The average Bonchev–Trinajstić information content (AvgIpc) is 3.44. The number of carbonyl (C=O) groups excluding carboxylic acids is 1. The van der Waals surface area contributed by atoms with Gasteiger partial charge in [0.05, 0.1) is 25.1 Å². The zero-order valence-corrected chi connectivity index (χ0v) is 18.8. The largest absolute Gasteiger partial charge is 0.492 e. The Morgan fingerprint density at radius 1 is 1.16 bits per heavy atom. The van der Waals surface area contributed by atoms with E-state index in [2.05, 4.69) is 25.9 Å². The van der Waals surface area contributed by atoms with Gasteiger partial charge in [0.15, 0.2) is 0 Å². The second-order valence-electron chi connectivity index (χ2n) is 6.58. The molecule has 9 nitrogen and oxygen atoms in total. The number of ether oxygens (including phenoxy) is 1. The van der Waals surface area contributed by atoms with Gasteiger partial charge in [-0.2, -0.15) is 9.78 Å². The number of amides is 1. The summed E-state index contributed by atoms with van der Waals surface area (Å²) in [4.78, 5) is 12.6. The number of benzene rings is 2. The number of aromatic nitrogens is 6. The van der Waals surface area contributed by atoms with E-state index < -0.39 is 0 Å². The maximum atomic E-state index is 12.6. The quantitative estimate of drug-likeness (QED) is 0.373. The summed E-state index contributed by atoms with van der Waals surface area (Å²) in [5, 5.41) is 20.1. The van der Waals surface area contributed by atoms with Crippen molar-refractivity contribution in [3.05, 3.63) is 71.4 Å². The molecule has 1 amide bonds. The van der Waals surface area contributed by atoms with Crippen LogP contribution in [-0.2, 0) is 11.3 Å². The van der Waals surface area contributed by atoms with Crippen molar-refractivity contribution < 1.29 is 9.53 Å². The summed E-state index contributed by atoms with van der Waals surface area (Å²) in [5.74, 6) is 1.16. The molecule has 4 rings (SSSR count). The highest BCUT2D eigenvalue weighted by atomic mass is 35.5. The van der Waals surface area contributed by atoms with Gasteiger partial charge in [0, 0.05) is 11.1 Å². The Labute approximate surface area is 193 Å². The molecule has 0 spiro atoms. The van der Waals surface area contributed by atoms with E-state index in [1.165, 1.54) is 11.8 Å². The first kappa shape index (κ1) is 21.8. The Morgan fingerprint density at radius 3 is 2.81 bits per heavy atom. The van der Waals surface area contributed by atoms with Crippen LogP contribution in [0.2, 0.25) is 5.02 Å². The molecule has 11 heteroatoms. The molecule has 0 aliphatic rings. The molecule has 0 aliphatic heterocycles. The third kappa shape index (κ3) is 5.09. The van der Waals surface area contributed by atoms with Crippen LogP contribution in [0.25, 0.3) is 5.69 Å². The van der Waals surface area contributed by atoms with Crippen molar-refractivity contribution in [2.45, 2.75) is 18.6 Å². The number of halogens is 1. The lowest BCUT2D eigenvalue weighted by Gasteiger charge is -2.11. The molecular weight excluding hydrogens is 450 g/mol. The van der Waals surface area contributed by atoms with Crippen LogP contribution in [0.3, 0.4) is 0 Å². The Hall–Kier alpha value is -3.37. The third-order valence-electron chi connectivity index (χ3n) is 4.43. The van der Waals surface area contributed by atoms with Crippen molar-refractivity contribution in [2.75, 3.05) is 17.7 Å². The van der Waals surface area contributed by atoms with Gasteiger partial charge < -0.3 is 10.1 Å². The predicted molar refractivity (Wildman–Crippen MR) is 122 cm³/mol. The van der Waals surface area contributed by atoms with Crippen LogP contribution in [0.15, 0.2) is 66.0 Å². The summed E-state index contributed by atoms with van der Waals surface area (Å²) in [6.07, 6.45) is 1.63. The summed E-state index contributed by atoms with van der Waals surface area (Å²) < 4.78 is 8.90. The second kappa shape index (κ2) is 10.3. The van der Waals surface area contributed by atoms with Crippen LogP contribution in [0, 0.1) is 0 Å². The molecule has 1 N–H and O–H groups in total. The van der Waals surface area contributed by atoms with Crippen molar-refractivity contribution in [1.82, 2.24) is 30.0 Å². The minimum absolute atomic E-state index is 0.119. The summed E-state index contributed by atoms with van der Waals surface area (Å²) in [7, 11) is 0. The van der Waals surface area contributed by atoms with Crippen LogP contribution in [0.4, 0.5) is 5.82 Å². The number of rotatable bonds is 9. The minimum Gasteiger partial charge on any atom is -0.492 e. The molecule has 0 bridgehead atoms. The SMILES string of the molecule is CCOc1ccccc1-n1nnnc1SCC(=O)Nc1ccnn1Cc1ccccc1Cl. The molecule has 4 aromatic rings. The van der Waals surface area contributed by atoms with Gasteiger partial charge in [-0.1, -0.05) is 53.7 Å². The Morgan fingerprint density at radius 2 is 1.97 bits per heavy atom. The summed E-state index contributed by atoms with van der Waals surface area (Å²) >= 11 is 7.47. The topological polar surface area (TPSA) is 99.8 Å². The zero-order chi connectivity index (χ0) is 22.3. The van der Waals surface area contributed by atoms with Gasteiger partial charge in [-0.3, -0.25) is 4.79 Å². The lowest BCUT2D eigenvalue weighted by Crippen LogP contribution is -2.18. The number of para-hydroxylation sites is 2. The molecular formula is C21H20ClN7O2S. The molecule has 164 valence electrons. The monoisotopic (exact) mass is 469 g/mol. The molecule has 0 atom stereocenters. The molecule has 2 aromatic heterocycles. The van der Waals surface area contributed by atoms with E-state index in [1.807, 2.05) is 55.5 Å². The van der Waals surface area contributed by atoms with E-state index >= 15 is 0 Å². The van der Waals surface area contributed by atoms with Gasteiger partial charge in [-0.25, -0.2) is 4.68 Å². The molecule has 2 aromatic carbocycles. The van der Waals surface area contributed by atoms with Crippen molar-refractivity contribution >= 4 is 35.1 Å². The predicted octanol–water partition coefficient (Wildman–Crippen LogP) is 3.69. The lowest BCUT2D eigenvalue weighted by molar-refractivity contribution is -0.113. The van der Waals surface area contributed by atoms with Crippen molar-refractivity contribution in [1.29, 1.82) is 0 Å². The van der Waals surface area contributed by atoms with E-state index in [0.29, 0.717) is 40.6 Å². The van der Waals surface area contributed by atoms with E-state index in [0.717, 1.165) is 5.56 Å². The molecule has 32 heavy (non-hydrogen) atoms. The van der Waals surface area contributed by atoms with Gasteiger partial charge in [-0.05, 0) is 41.1 Å². The van der Waals surface area contributed by atoms with Crippen LogP contribution >= 0.6 is 23.4 Å². The third-order valence-corrected chi connectivity index (χ3v) is 5.72. The molecule has 0 saturated carbocycles. The van der Waals surface area contributed by atoms with E-state index in [-0.39, 0.29) is 11.7 Å². The first-order chi connectivity index (χ1) is 15.7. The van der Waals surface area contributed by atoms with Crippen LogP contribution in [0.5, 0.6) is 5.75 Å². The van der Waals surface area contributed by atoms with Gasteiger partial charge in [0.1, 0.15) is 17.3 Å². The second-order valence-corrected chi connectivity index (χ2v) is 7.93. The molecule has 0 unspecified atom stereocenters. The van der Waals surface area contributed by atoms with E-state index in [4.69, 9.17) is 16.3 Å². The molecule has 0 aliphatic carbocycles. The number of nitrogens with zero attached hydrogens (tertiary/aromatic N) is 6. The number of tetrazole rings is 1. The maximum Gasteiger partial charge on any atom is 0.235 e. The number of hydrogen-bond acceptors (Lipinski definition) is 7. The fourth-order valence-electron chi connectivity index (χ4n) is 2.99. The molecule has 0 radical (unpaired) electrons. The highest BCUT2D eigenvalue weighted by Gasteiger charge is 2.16. The van der Waals surface area contributed by atoms with Gasteiger partial charge in [0.25, 0.3) is 0 Å². The highest BCUT2D eigenvalue weighted by molar-refractivity contribution is 7.99. The first-order valence-corrected chi connectivity index (χ1v) is 11.2. The summed E-state index contributed by atoms with van der Waals surface area (Å²) in [5.41, 5.74) is 1.62. The van der Waals surface area contributed by atoms with Gasteiger partial charge in [0.2, 0.25) is 11.1 Å². The molecule has 2 heterocycles. The fourth-order valence-corrected chi connectivity index (χ4v) is 3.87. The van der Waals surface area contributed by atoms with Gasteiger partial charge >= 0.3 is 0 Å². The Balaban J connectivity index is 1.41. The highest BCUT2D eigenvalue weighted by Crippen LogP contribution is 2.26. The van der Waals surface area contributed by atoms with E-state index in [1.54, 1.807) is 21.6 Å². The standard InChI is InChI=1S/C21H20ClN7O2S/c1-2-31-18-10-6-5-9-17(18)29-21(25-26-27-29)32-14-20(30)24-19-11-12-23-28(19)13-15-7-3-4-8-16(15)22/h3-12H,2,13-14H2,1H3,(H,24,30). The normalized spacial score (nSPS) is 10.8. The van der Waals surface area contributed by atoms with Crippen LogP contribution in [-0.4, -0.2) is 48.3 Å². The number of anilines is 1. The van der Waals surface area contributed by atoms with Crippen molar-refractivity contribution in [3.63, 3.8) is 0 Å². The smallest absolute Gasteiger partial charge is 0.235 e. The first-order valence-electron chi connectivity index (χ1n) is 9.84. The maximum absolute atomic E-state index is 12.6. The molecule has 0 fully saturated rings. The van der Waals surface area contributed by atoms with Gasteiger partial charge in [-0.15, -0.1) is 5.10 Å². The number of carbonyl (C=O) groups is 1. The number of nitrogens with one attached hydrogen (secondary N) is 1. The molecule has 0 saturated heterocycles. The Bertz CT molecular complexity index is 1210. The van der Waals surface area contributed by atoms with Crippen molar-refractivity contribution in [2.24, 2.45) is 0 Å². The van der Waals surface area contributed by atoms with Crippen LogP contribution in [0.1, 0.15) is 12.5 Å². The minimum atomic E-state index is -0.205. The summed E-state index contributed by atoms with van der Waals surface area (Å²) in [6, 6.07) is 16.7. The van der Waals surface area contributed by atoms with Crippen LogP contribution < -0.4 is 10.1 Å². The Kier molecular flexibility index (Phi) is 7.03. The van der Waals surface area contributed by atoms with Crippen molar-refractivity contribution in [3.8, 4) is 11.4 Å². The lowest BCUT2D eigenvalue weighted by atomic mass is 10.2. The zero-order valence-electron chi connectivity index (χ0n) is 17.2. The fraction of sp³-hybridized carbons (Fsp3) is 0.190. The number of thioether (sulfide) groups is 1. The number of hydrogen-bond donors (Lipinski definition) is 1. The summed E-state index contributed by atoms with van der Waals surface area (Å²) in [6.45, 7) is 2.88. The average molecular weight is 470 g/mol.